The number of carbonyl (C=O) groups is 1. The number of aliphatic hydroxyl groups is 1. The zero-order chi connectivity index (χ0) is 14.4. The van der Waals surface area contributed by atoms with Crippen molar-refractivity contribution in [3.8, 4) is 0 Å². The van der Waals surface area contributed by atoms with Gasteiger partial charge in [-0.15, -0.1) is 0 Å². The van der Waals surface area contributed by atoms with Crippen molar-refractivity contribution in [2.75, 3.05) is 13.2 Å². The fourth-order valence-corrected chi connectivity index (χ4v) is 1.88. The molecule has 19 heavy (non-hydrogen) atoms. The van der Waals surface area contributed by atoms with Gasteiger partial charge in [0.15, 0.2) is 0 Å². The summed E-state index contributed by atoms with van der Waals surface area (Å²) in [7, 11) is 0. The average Bonchev–Trinajstić information content (AvgIpc) is 2.35. The van der Waals surface area contributed by atoms with Gasteiger partial charge in [-0.1, -0.05) is 18.2 Å². The highest BCUT2D eigenvalue weighted by Gasteiger charge is 2.21. The lowest BCUT2D eigenvalue weighted by atomic mass is 10.1. The molecule has 0 aliphatic rings. The Bertz CT molecular complexity index is 460. The van der Waals surface area contributed by atoms with Crippen LogP contribution < -0.4 is 0 Å². The van der Waals surface area contributed by atoms with Crippen molar-refractivity contribution in [1.82, 2.24) is 4.90 Å². The summed E-state index contributed by atoms with van der Waals surface area (Å²) >= 11 is 0. The van der Waals surface area contributed by atoms with Crippen molar-refractivity contribution in [1.29, 1.82) is 0 Å². The van der Waals surface area contributed by atoms with Gasteiger partial charge in [0.05, 0.1) is 18.0 Å². The third-order valence-electron chi connectivity index (χ3n) is 2.81. The van der Waals surface area contributed by atoms with Crippen LogP contribution in [0.15, 0.2) is 24.3 Å². The van der Waals surface area contributed by atoms with E-state index in [1.807, 2.05) is 13.8 Å². The third kappa shape index (κ3) is 4.03. The fraction of sp³-hybridized carbons (Fsp3) is 0.462. The first-order valence-electron chi connectivity index (χ1n) is 6.10. The van der Waals surface area contributed by atoms with E-state index < -0.39 is 4.92 Å². The minimum atomic E-state index is -0.492. The molecule has 0 spiro atoms. The van der Waals surface area contributed by atoms with E-state index >= 15 is 0 Å². The monoisotopic (exact) mass is 266 g/mol. The summed E-state index contributed by atoms with van der Waals surface area (Å²) in [4.78, 5) is 24.0. The number of hydrogen-bond donors (Lipinski definition) is 1. The second-order valence-electron chi connectivity index (χ2n) is 4.47. The topological polar surface area (TPSA) is 83.7 Å². The van der Waals surface area contributed by atoms with Gasteiger partial charge in [-0.2, -0.15) is 0 Å². The molecule has 0 saturated heterocycles. The van der Waals surface area contributed by atoms with E-state index in [-0.39, 0.29) is 37.2 Å². The highest BCUT2D eigenvalue weighted by atomic mass is 16.6. The van der Waals surface area contributed by atoms with Crippen molar-refractivity contribution in [3.63, 3.8) is 0 Å². The smallest absolute Gasteiger partial charge is 0.273 e. The molecule has 0 unspecified atom stereocenters. The molecule has 0 saturated carbocycles. The Morgan fingerprint density at radius 1 is 1.42 bits per heavy atom. The number of carbonyl (C=O) groups excluding carboxylic acids is 1. The maximum Gasteiger partial charge on any atom is 0.273 e. The Labute approximate surface area is 111 Å². The van der Waals surface area contributed by atoms with E-state index in [0.29, 0.717) is 5.56 Å². The van der Waals surface area contributed by atoms with Crippen molar-refractivity contribution >= 4 is 11.6 Å². The summed E-state index contributed by atoms with van der Waals surface area (Å²) < 4.78 is 0. The number of nitrogens with zero attached hydrogens (tertiary/aromatic N) is 2. The lowest BCUT2D eigenvalue weighted by Crippen LogP contribution is -2.40. The summed E-state index contributed by atoms with van der Waals surface area (Å²) in [5.74, 6) is -0.224. The van der Waals surface area contributed by atoms with Crippen molar-refractivity contribution in [3.05, 3.63) is 39.9 Å². The van der Waals surface area contributed by atoms with Crippen molar-refractivity contribution < 1.29 is 14.8 Å². The van der Waals surface area contributed by atoms with Gasteiger partial charge in [-0.3, -0.25) is 14.9 Å². The fourth-order valence-electron chi connectivity index (χ4n) is 1.88. The Hall–Kier alpha value is -1.95. The first-order chi connectivity index (χ1) is 8.97. The summed E-state index contributed by atoms with van der Waals surface area (Å²) in [6, 6.07) is 6.14. The molecule has 6 heteroatoms. The summed E-state index contributed by atoms with van der Waals surface area (Å²) in [6.07, 6.45) is -0.0324. The van der Waals surface area contributed by atoms with Crippen LogP contribution in [-0.2, 0) is 11.2 Å². The number of benzene rings is 1. The lowest BCUT2D eigenvalue weighted by molar-refractivity contribution is -0.385. The number of nitro groups is 1. The molecule has 0 aliphatic carbocycles. The van der Waals surface area contributed by atoms with Gasteiger partial charge in [0.2, 0.25) is 5.91 Å². The third-order valence-corrected chi connectivity index (χ3v) is 2.81. The highest BCUT2D eigenvalue weighted by molar-refractivity contribution is 5.80. The van der Waals surface area contributed by atoms with Crippen LogP contribution in [0.1, 0.15) is 19.4 Å². The van der Waals surface area contributed by atoms with Gasteiger partial charge in [0, 0.05) is 24.2 Å². The number of rotatable bonds is 6. The molecule has 0 atom stereocenters. The van der Waals surface area contributed by atoms with Crippen LogP contribution in [0, 0.1) is 10.1 Å². The first kappa shape index (κ1) is 15.1. The zero-order valence-electron chi connectivity index (χ0n) is 11.1. The standard InChI is InChI=1S/C13H18N2O4/c1-10(2)14(7-8-16)13(17)9-11-5-3-4-6-12(11)15(18)19/h3-6,10,16H,7-9H2,1-2H3. The zero-order valence-corrected chi connectivity index (χ0v) is 11.1. The number of amides is 1. The molecular weight excluding hydrogens is 248 g/mol. The van der Waals surface area contributed by atoms with E-state index in [9.17, 15) is 14.9 Å². The van der Waals surface area contributed by atoms with Gasteiger partial charge in [-0.25, -0.2) is 0 Å². The number of nitro benzene ring substituents is 1. The predicted octanol–water partition coefficient (Wildman–Crippen LogP) is 1.37. The minimum Gasteiger partial charge on any atom is -0.395 e. The van der Waals surface area contributed by atoms with Crippen LogP contribution in [0.25, 0.3) is 0 Å². The molecule has 0 fully saturated rings. The van der Waals surface area contributed by atoms with Gasteiger partial charge < -0.3 is 10.0 Å². The molecule has 1 N–H and O–H groups in total. The Morgan fingerprint density at radius 2 is 2.05 bits per heavy atom. The molecule has 104 valence electrons. The second kappa shape index (κ2) is 6.84. The number of aliphatic hydroxyl groups excluding tert-OH is 1. The SMILES string of the molecule is CC(C)N(CCO)C(=O)Cc1ccccc1[N+](=O)[O-]. The van der Waals surface area contributed by atoms with E-state index in [2.05, 4.69) is 0 Å². The molecule has 1 aromatic rings. The predicted molar refractivity (Wildman–Crippen MR) is 70.7 cm³/mol. The molecule has 0 aromatic heterocycles. The van der Waals surface area contributed by atoms with Gasteiger partial charge in [0.25, 0.3) is 5.69 Å². The van der Waals surface area contributed by atoms with Gasteiger partial charge in [-0.05, 0) is 13.8 Å². The molecule has 1 rings (SSSR count). The summed E-state index contributed by atoms with van der Waals surface area (Å²) in [6.45, 7) is 3.79. The largest absolute Gasteiger partial charge is 0.395 e. The summed E-state index contributed by atoms with van der Waals surface area (Å²) in [5, 5.41) is 19.8. The molecule has 0 aliphatic heterocycles. The van der Waals surface area contributed by atoms with E-state index in [4.69, 9.17) is 5.11 Å². The van der Waals surface area contributed by atoms with Crippen LogP contribution in [0.3, 0.4) is 0 Å². The molecule has 0 heterocycles. The highest BCUT2D eigenvalue weighted by Crippen LogP contribution is 2.19. The minimum absolute atomic E-state index is 0.0324. The normalized spacial score (nSPS) is 10.5. The second-order valence-corrected chi connectivity index (χ2v) is 4.47. The number of para-hydroxylation sites is 1. The van der Waals surface area contributed by atoms with E-state index in [1.54, 1.807) is 18.2 Å². The van der Waals surface area contributed by atoms with Crippen LogP contribution in [-0.4, -0.2) is 40.0 Å². The molecule has 6 nitrogen and oxygen atoms in total. The first-order valence-corrected chi connectivity index (χ1v) is 6.10. The van der Waals surface area contributed by atoms with Crippen LogP contribution >= 0.6 is 0 Å². The average molecular weight is 266 g/mol. The molecule has 1 aromatic carbocycles. The van der Waals surface area contributed by atoms with Gasteiger partial charge in [0.1, 0.15) is 0 Å². The summed E-state index contributed by atoms with van der Waals surface area (Å²) in [5.41, 5.74) is 0.338. The molecule has 0 radical (unpaired) electrons. The van der Waals surface area contributed by atoms with Crippen LogP contribution in [0.2, 0.25) is 0 Å². The van der Waals surface area contributed by atoms with Crippen molar-refractivity contribution in [2.24, 2.45) is 0 Å². The number of hydrogen-bond acceptors (Lipinski definition) is 4. The Kier molecular flexibility index (Phi) is 5.44. The van der Waals surface area contributed by atoms with E-state index in [1.165, 1.54) is 11.0 Å². The Morgan fingerprint density at radius 3 is 2.58 bits per heavy atom. The van der Waals surface area contributed by atoms with Gasteiger partial charge >= 0.3 is 0 Å². The van der Waals surface area contributed by atoms with Crippen LogP contribution in [0.5, 0.6) is 0 Å². The maximum atomic E-state index is 12.1. The molecular formula is C13H18N2O4. The van der Waals surface area contributed by atoms with E-state index in [0.717, 1.165) is 0 Å². The Balaban J connectivity index is 2.89. The quantitative estimate of drug-likeness (QED) is 0.622. The molecule has 1 amide bonds. The molecule has 0 bridgehead atoms. The van der Waals surface area contributed by atoms with Crippen LogP contribution in [0.4, 0.5) is 5.69 Å². The maximum absolute atomic E-state index is 12.1. The van der Waals surface area contributed by atoms with Crippen molar-refractivity contribution in [2.45, 2.75) is 26.3 Å². The lowest BCUT2D eigenvalue weighted by Gasteiger charge is -2.25.